The molecule has 1 amide bonds. The summed E-state index contributed by atoms with van der Waals surface area (Å²) in [6.45, 7) is 1.87. The van der Waals surface area contributed by atoms with Gasteiger partial charge in [0.25, 0.3) is 5.91 Å². The van der Waals surface area contributed by atoms with E-state index in [2.05, 4.69) is 5.32 Å². The molecule has 4 heteroatoms. The lowest BCUT2D eigenvalue weighted by molar-refractivity contribution is 0.0924. The molecule has 1 rings (SSSR count). The average molecular weight is 209 g/mol. The van der Waals surface area contributed by atoms with Gasteiger partial charge in [-0.1, -0.05) is 0 Å². The minimum atomic E-state index is -0.535. The minimum absolute atomic E-state index is 0.196. The Morgan fingerprint density at radius 2 is 2.07 bits per heavy atom. The fraction of sp³-hybridized carbons (Fsp3) is 0.364. The van der Waals surface area contributed by atoms with Crippen LogP contribution in [0.25, 0.3) is 0 Å². The van der Waals surface area contributed by atoms with Crippen molar-refractivity contribution in [1.29, 1.82) is 0 Å². The molecule has 0 saturated carbocycles. The lowest BCUT2D eigenvalue weighted by atomic mass is 10.2. The van der Waals surface area contributed by atoms with Gasteiger partial charge in [-0.2, -0.15) is 0 Å². The van der Waals surface area contributed by atoms with E-state index in [1.165, 1.54) is 0 Å². The summed E-state index contributed by atoms with van der Waals surface area (Å²) in [5.41, 5.74) is 0.552. The average Bonchev–Trinajstić information content (AvgIpc) is 2.26. The molecule has 0 aliphatic carbocycles. The maximum Gasteiger partial charge on any atom is 0.251 e. The monoisotopic (exact) mass is 209 g/mol. The second kappa shape index (κ2) is 5.36. The van der Waals surface area contributed by atoms with E-state index in [0.29, 0.717) is 11.3 Å². The zero-order valence-electron chi connectivity index (χ0n) is 8.86. The maximum atomic E-state index is 11.5. The highest BCUT2D eigenvalue weighted by Crippen LogP contribution is 2.10. The van der Waals surface area contributed by atoms with Crippen LogP contribution in [0.1, 0.15) is 17.3 Å². The van der Waals surface area contributed by atoms with E-state index in [1.54, 1.807) is 38.3 Å². The molecule has 2 N–H and O–H groups in total. The molecule has 0 fully saturated rings. The molecule has 0 saturated heterocycles. The minimum Gasteiger partial charge on any atom is -0.497 e. The van der Waals surface area contributed by atoms with E-state index in [0.717, 1.165) is 0 Å². The first-order valence-corrected chi connectivity index (χ1v) is 4.74. The van der Waals surface area contributed by atoms with Crippen molar-refractivity contribution in [2.24, 2.45) is 0 Å². The van der Waals surface area contributed by atoms with E-state index < -0.39 is 6.10 Å². The van der Waals surface area contributed by atoms with Crippen molar-refractivity contribution < 1.29 is 14.6 Å². The molecule has 1 unspecified atom stereocenters. The third-order valence-electron chi connectivity index (χ3n) is 1.91. The molecule has 1 aromatic rings. The number of nitrogens with one attached hydrogen (secondary N) is 1. The number of benzene rings is 1. The van der Waals surface area contributed by atoms with Gasteiger partial charge in [0.05, 0.1) is 13.2 Å². The van der Waals surface area contributed by atoms with Crippen LogP contribution in [-0.2, 0) is 0 Å². The summed E-state index contributed by atoms with van der Waals surface area (Å²) in [6, 6.07) is 6.79. The molecule has 4 nitrogen and oxygen atoms in total. The molecule has 1 aromatic carbocycles. The van der Waals surface area contributed by atoms with Crippen LogP contribution in [0, 0.1) is 0 Å². The first-order valence-electron chi connectivity index (χ1n) is 4.74. The number of methoxy groups -OCH3 is 1. The first kappa shape index (κ1) is 11.5. The first-order chi connectivity index (χ1) is 7.13. The molecule has 1 atom stereocenters. The van der Waals surface area contributed by atoms with Gasteiger partial charge in [0.2, 0.25) is 0 Å². The summed E-state index contributed by atoms with van der Waals surface area (Å²) in [5.74, 6) is 0.514. The van der Waals surface area contributed by atoms with Crippen molar-refractivity contribution in [2.75, 3.05) is 13.7 Å². The summed E-state index contributed by atoms with van der Waals surface area (Å²) >= 11 is 0. The Morgan fingerprint density at radius 3 is 2.53 bits per heavy atom. The Morgan fingerprint density at radius 1 is 1.47 bits per heavy atom. The zero-order chi connectivity index (χ0) is 11.3. The van der Waals surface area contributed by atoms with Crippen molar-refractivity contribution >= 4 is 5.91 Å². The van der Waals surface area contributed by atoms with Gasteiger partial charge in [-0.05, 0) is 31.2 Å². The molecule has 0 bridgehead atoms. The van der Waals surface area contributed by atoms with Crippen LogP contribution in [0.5, 0.6) is 5.75 Å². The molecule has 0 aromatic heterocycles. The number of carbonyl (C=O) groups excluding carboxylic acids is 1. The van der Waals surface area contributed by atoms with E-state index in [9.17, 15) is 4.79 Å². The second-order valence-corrected chi connectivity index (χ2v) is 3.29. The smallest absolute Gasteiger partial charge is 0.251 e. The van der Waals surface area contributed by atoms with E-state index in [1.807, 2.05) is 0 Å². The Labute approximate surface area is 88.9 Å². The third kappa shape index (κ3) is 3.59. The molecule has 82 valence electrons. The predicted octanol–water partition coefficient (Wildman–Crippen LogP) is 0.806. The lowest BCUT2D eigenvalue weighted by Crippen LogP contribution is -2.30. The number of amides is 1. The van der Waals surface area contributed by atoms with Crippen molar-refractivity contribution in [3.63, 3.8) is 0 Å². The van der Waals surface area contributed by atoms with Gasteiger partial charge >= 0.3 is 0 Å². The topological polar surface area (TPSA) is 58.6 Å². The summed E-state index contributed by atoms with van der Waals surface area (Å²) in [6.07, 6.45) is -0.535. The molecular formula is C11H15NO3. The Kier molecular flexibility index (Phi) is 4.12. The van der Waals surface area contributed by atoms with Crippen molar-refractivity contribution in [1.82, 2.24) is 5.32 Å². The van der Waals surface area contributed by atoms with Crippen molar-refractivity contribution in [3.05, 3.63) is 29.8 Å². The molecule has 0 aliphatic rings. The molecule has 0 aliphatic heterocycles. The lowest BCUT2D eigenvalue weighted by Gasteiger charge is -2.07. The van der Waals surface area contributed by atoms with Crippen molar-refractivity contribution in [3.8, 4) is 5.75 Å². The van der Waals surface area contributed by atoms with Crippen LogP contribution in [-0.4, -0.2) is 30.8 Å². The van der Waals surface area contributed by atoms with E-state index in [4.69, 9.17) is 9.84 Å². The normalized spacial score (nSPS) is 11.9. The number of hydrogen-bond acceptors (Lipinski definition) is 3. The summed E-state index contributed by atoms with van der Waals surface area (Å²) < 4.78 is 4.98. The fourth-order valence-electron chi connectivity index (χ4n) is 1.08. The van der Waals surface area contributed by atoms with Crippen LogP contribution in [0.15, 0.2) is 24.3 Å². The Balaban J connectivity index is 2.58. The molecule has 0 heterocycles. The fourth-order valence-corrected chi connectivity index (χ4v) is 1.08. The highest BCUT2D eigenvalue weighted by molar-refractivity contribution is 5.94. The van der Waals surface area contributed by atoms with Crippen LogP contribution in [0.2, 0.25) is 0 Å². The highest BCUT2D eigenvalue weighted by atomic mass is 16.5. The number of carbonyl (C=O) groups is 1. The standard InChI is InChI=1S/C11H15NO3/c1-8(13)7-12-11(14)9-3-5-10(15-2)6-4-9/h3-6,8,13H,7H2,1-2H3,(H,12,14). The van der Waals surface area contributed by atoms with Crippen LogP contribution < -0.4 is 10.1 Å². The van der Waals surface area contributed by atoms with E-state index in [-0.39, 0.29) is 12.5 Å². The molecule has 0 spiro atoms. The molecule has 15 heavy (non-hydrogen) atoms. The molecular weight excluding hydrogens is 194 g/mol. The van der Waals surface area contributed by atoms with Gasteiger partial charge < -0.3 is 15.2 Å². The third-order valence-corrected chi connectivity index (χ3v) is 1.91. The van der Waals surface area contributed by atoms with Gasteiger partial charge in [-0.15, -0.1) is 0 Å². The van der Waals surface area contributed by atoms with Crippen LogP contribution >= 0.6 is 0 Å². The Bertz CT molecular complexity index is 319. The number of aliphatic hydroxyl groups is 1. The maximum absolute atomic E-state index is 11.5. The van der Waals surface area contributed by atoms with Gasteiger partial charge in [0, 0.05) is 12.1 Å². The van der Waals surface area contributed by atoms with Crippen LogP contribution in [0.4, 0.5) is 0 Å². The number of rotatable bonds is 4. The van der Waals surface area contributed by atoms with Crippen molar-refractivity contribution in [2.45, 2.75) is 13.0 Å². The van der Waals surface area contributed by atoms with Gasteiger partial charge in [-0.3, -0.25) is 4.79 Å². The largest absolute Gasteiger partial charge is 0.497 e. The van der Waals surface area contributed by atoms with Gasteiger partial charge in [0.15, 0.2) is 0 Å². The predicted molar refractivity (Wildman–Crippen MR) is 57.0 cm³/mol. The summed E-state index contributed by atoms with van der Waals surface area (Å²) in [5, 5.41) is 11.6. The highest BCUT2D eigenvalue weighted by Gasteiger charge is 2.05. The summed E-state index contributed by atoms with van der Waals surface area (Å²) in [4.78, 5) is 11.5. The quantitative estimate of drug-likeness (QED) is 0.771. The van der Waals surface area contributed by atoms with Gasteiger partial charge in [0.1, 0.15) is 5.75 Å². The SMILES string of the molecule is COc1ccc(C(=O)NCC(C)O)cc1. The number of ether oxygens (including phenoxy) is 1. The van der Waals surface area contributed by atoms with Gasteiger partial charge in [-0.25, -0.2) is 0 Å². The van der Waals surface area contributed by atoms with Crippen LogP contribution in [0.3, 0.4) is 0 Å². The Hall–Kier alpha value is -1.55. The number of hydrogen-bond donors (Lipinski definition) is 2. The van der Waals surface area contributed by atoms with E-state index >= 15 is 0 Å². The zero-order valence-corrected chi connectivity index (χ0v) is 8.86. The molecule has 0 radical (unpaired) electrons. The summed E-state index contributed by atoms with van der Waals surface area (Å²) in [7, 11) is 1.57. The second-order valence-electron chi connectivity index (χ2n) is 3.29. The number of aliphatic hydroxyl groups excluding tert-OH is 1.